The summed E-state index contributed by atoms with van der Waals surface area (Å²) in [7, 11) is 0. The fourth-order valence-corrected chi connectivity index (χ4v) is 1.16. The molecule has 6 heteroatoms. The minimum atomic E-state index is -1.11. The lowest BCUT2D eigenvalue weighted by molar-refractivity contribution is 0.0697. The van der Waals surface area contributed by atoms with Gasteiger partial charge in [0, 0.05) is 5.69 Å². The molecule has 0 heterocycles. The Bertz CT molecular complexity index is 625. The Kier molecular flexibility index (Phi) is 4.04. The van der Waals surface area contributed by atoms with Crippen LogP contribution in [0.4, 0.5) is 5.69 Å². The Morgan fingerprint density at radius 2 is 1.83 bits per heavy atom. The van der Waals surface area contributed by atoms with Crippen LogP contribution in [-0.2, 0) is 0 Å². The van der Waals surface area contributed by atoms with Gasteiger partial charge in [-0.15, -0.1) is 0 Å². The van der Waals surface area contributed by atoms with Crippen molar-refractivity contribution >= 4 is 11.7 Å². The Hall–Kier alpha value is -3.30. The van der Waals surface area contributed by atoms with Gasteiger partial charge in [0.05, 0.1) is 5.56 Å². The van der Waals surface area contributed by atoms with Crippen LogP contribution in [0.5, 0.6) is 0 Å². The summed E-state index contributed by atoms with van der Waals surface area (Å²) >= 11 is 0. The van der Waals surface area contributed by atoms with Crippen LogP contribution < -0.4 is 5.32 Å². The summed E-state index contributed by atoms with van der Waals surface area (Å²) in [5.74, 6) is -1.11. The third kappa shape index (κ3) is 2.85. The first-order valence-electron chi connectivity index (χ1n) is 4.67. The molecular weight excluding hydrogens is 232 g/mol. The number of anilines is 1. The molecule has 0 aliphatic carbocycles. The van der Waals surface area contributed by atoms with Crippen molar-refractivity contribution in [1.29, 1.82) is 15.8 Å². The summed E-state index contributed by atoms with van der Waals surface area (Å²) in [4.78, 5) is 10.7. The summed E-state index contributed by atoms with van der Waals surface area (Å²) in [5.41, 5.74) is -0.233. The van der Waals surface area contributed by atoms with E-state index in [0.717, 1.165) is 0 Å². The second kappa shape index (κ2) is 5.69. The first-order chi connectivity index (χ1) is 8.62. The van der Waals surface area contributed by atoms with Gasteiger partial charge in [-0.1, -0.05) is 6.07 Å². The standard InChI is InChI=1S/C12H6N4O2/c13-5-9(6-14)11(7-15)16-10-3-1-2-8(4-10)12(17)18/h1-4,16H,(H,17,18). The zero-order chi connectivity index (χ0) is 13.5. The van der Waals surface area contributed by atoms with Gasteiger partial charge in [0.2, 0.25) is 0 Å². The van der Waals surface area contributed by atoms with Gasteiger partial charge in [0.15, 0.2) is 5.57 Å². The fourth-order valence-electron chi connectivity index (χ4n) is 1.16. The first kappa shape index (κ1) is 12.8. The van der Waals surface area contributed by atoms with Crippen molar-refractivity contribution in [2.75, 3.05) is 5.32 Å². The van der Waals surface area contributed by atoms with Crippen LogP contribution in [0.15, 0.2) is 35.5 Å². The SMILES string of the molecule is N#CC(C#N)=C(C#N)Nc1cccc(C(=O)O)c1. The number of allylic oxidation sites excluding steroid dienone is 2. The maximum atomic E-state index is 10.7. The van der Waals surface area contributed by atoms with E-state index in [0.29, 0.717) is 5.69 Å². The van der Waals surface area contributed by atoms with Gasteiger partial charge in [-0.25, -0.2) is 4.79 Å². The largest absolute Gasteiger partial charge is 0.478 e. The van der Waals surface area contributed by atoms with Crippen molar-refractivity contribution in [3.8, 4) is 18.2 Å². The molecule has 6 nitrogen and oxygen atoms in total. The molecule has 0 aliphatic rings. The highest BCUT2D eigenvalue weighted by atomic mass is 16.4. The van der Waals surface area contributed by atoms with E-state index in [1.165, 1.54) is 24.3 Å². The highest BCUT2D eigenvalue weighted by Crippen LogP contribution is 2.14. The molecule has 0 saturated heterocycles. The Morgan fingerprint density at radius 1 is 1.17 bits per heavy atom. The van der Waals surface area contributed by atoms with Crippen molar-refractivity contribution in [2.24, 2.45) is 0 Å². The highest BCUT2D eigenvalue weighted by Gasteiger charge is 2.08. The number of aromatic carboxylic acids is 1. The van der Waals surface area contributed by atoms with Gasteiger partial charge in [-0.05, 0) is 18.2 Å². The molecule has 0 amide bonds. The number of nitrogens with one attached hydrogen (secondary N) is 1. The fraction of sp³-hybridized carbons (Fsp3) is 0. The number of rotatable bonds is 3. The van der Waals surface area contributed by atoms with Crippen LogP contribution in [0.2, 0.25) is 0 Å². The van der Waals surface area contributed by atoms with Crippen molar-refractivity contribution in [3.05, 3.63) is 41.1 Å². The minimum absolute atomic E-state index is 0.0350. The molecule has 1 aromatic rings. The number of carboxylic acids is 1. The van der Waals surface area contributed by atoms with Crippen LogP contribution in [-0.4, -0.2) is 11.1 Å². The van der Waals surface area contributed by atoms with Crippen LogP contribution in [0, 0.1) is 34.0 Å². The third-order valence-electron chi connectivity index (χ3n) is 1.96. The zero-order valence-corrected chi connectivity index (χ0v) is 9.01. The molecule has 0 bridgehead atoms. The van der Waals surface area contributed by atoms with E-state index >= 15 is 0 Å². The third-order valence-corrected chi connectivity index (χ3v) is 1.96. The van der Waals surface area contributed by atoms with E-state index in [9.17, 15) is 4.79 Å². The molecule has 1 rings (SSSR count). The second-order valence-electron chi connectivity index (χ2n) is 3.10. The smallest absolute Gasteiger partial charge is 0.335 e. The molecule has 86 valence electrons. The predicted molar refractivity (Wildman–Crippen MR) is 60.9 cm³/mol. The number of hydrogen-bond donors (Lipinski definition) is 2. The first-order valence-corrected chi connectivity index (χ1v) is 4.67. The summed E-state index contributed by atoms with van der Waals surface area (Å²) in [6.45, 7) is 0. The van der Waals surface area contributed by atoms with Crippen molar-refractivity contribution in [3.63, 3.8) is 0 Å². The van der Waals surface area contributed by atoms with Crippen LogP contribution in [0.1, 0.15) is 10.4 Å². The molecule has 0 radical (unpaired) electrons. The predicted octanol–water partition coefficient (Wildman–Crippen LogP) is 1.62. The molecule has 1 aromatic carbocycles. The van der Waals surface area contributed by atoms with E-state index in [1.54, 1.807) is 18.2 Å². The lowest BCUT2D eigenvalue weighted by Gasteiger charge is -2.05. The molecule has 0 aromatic heterocycles. The van der Waals surface area contributed by atoms with E-state index in [1.807, 2.05) is 0 Å². The lowest BCUT2D eigenvalue weighted by Crippen LogP contribution is -2.02. The second-order valence-corrected chi connectivity index (χ2v) is 3.10. The Balaban J connectivity index is 3.13. The van der Waals surface area contributed by atoms with Gasteiger partial charge in [-0.3, -0.25) is 0 Å². The summed E-state index contributed by atoms with van der Waals surface area (Å²) in [5, 5.41) is 37.4. The quantitative estimate of drug-likeness (QED) is 0.771. The van der Waals surface area contributed by atoms with Crippen LogP contribution in [0.25, 0.3) is 0 Å². The molecule has 0 atom stereocenters. The molecule has 0 fully saturated rings. The molecular formula is C12H6N4O2. The summed E-state index contributed by atoms with van der Waals surface area (Å²) < 4.78 is 0. The number of carboxylic acid groups (broad SMARTS) is 1. The van der Waals surface area contributed by atoms with Crippen LogP contribution >= 0.6 is 0 Å². The number of nitrogens with zero attached hydrogens (tertiary/aromatic N) is 3. The lowest BCUT2D eigenvalue weighted by atomic mass is 10.2. The molecule has 0 unspecified atom stereocenters. The number of hydrogen-bond acceptors (Lipinski definition) is 5. The number of carbonyl (C=O) groups is 1. The van der Waals surface area contributed by atoms with Crippen molar-refractivity contribution in [1.82, 2.24) is 0 Å². The summed E-state index contributed by atoms with van der Waals surface area (Å²) in [6.07, 6.45) is 0. The molecule has 0 saturated carbocycles. The van der Waals surface area contributed by atoms with Crippen molar-refractivity contribution in [2.45, 2.75) is 0 Å². The van der Waals surface area contributed by atoms with Crippen LogP contribution in [0.3, 0.4) is 0 Å². The normalized spacial score (nSPS) is 8.28. The number of nitriles is 3. The monoisotopic (exact) mass is 238 g/mol. The maximum absolute atomic E-state index is 10.7. The van der Waals surface area contributed by atoms with E-state index in [2.05, 4.69) is 5.32 Å². The van der Waals surface area contributed by atoms with Gasteiger partial charge < -0.3 is 10.4 Å². The minimum Gasteiger partial charge on any atom is -0.478 e. The van der Waals surface area contributed by atoms with Gasteiger partial charge >= 0.3 is 5.97 Å². The van der Waals surface area contributed by atoms with E-state index < -0.39 is 5.97 Å². The maximum Gasteiger partial charge on any atom is 0.335 e. The topological polar surface area (TPSA) is 121 Å². The number of benzene rings is 1. The van der Waals surface area contributed by atoms with Gasteiger partial charge in [-0.2, -0.15) is 15.8 Å². The highest BCUT2D eigenvalue weighted by molar-refractivity contribution is 5.88. The Morgan fingerprint density at radius 3 is 2.33 bits per heavy atom. The average molecular weight is 238 g/mol. The molecule has 0 spiro atoms. The Labute approximate surface area is 103 Å². The van der Waals surface area contributed by atoms with Crippen molar-refractivity contribution < 1.29 is 9.90 Å². The summed E-state index contributed by atoms with van der Waals surface area (Å²) in [6, 6.07) is 10.5. The molecule has 0 aliphatic heterocycles. The average Bonchev–Trinajstić information content (AvgIpc) is 2.39. The molecule has 2 N–H and O–H groups in total. The van der Waals surface area contributed by atoms with E-state index in [-0.39, 0.29) is 16.8 Å². The zero-order valence-electron chi connectivity index (χ0n) is 9.01. The molecule has 18 heavy (non-hydrogen) atoms. The van der Waals surface area contributed by atoms with Gasteiger partial charge in [0.1, 0.15) is 23.9 Å². The van der Waals surface area contributed by atoms with E-state index in [4.69, 9.17) is 20.9 Å². The van der Waals surface area contributed by atoms with Gasteiger partial charge in [0.25, 0.3) is 0 Å².